The van der Waals surface area contributed by atoms with E-state index in [1.165, 1.54) is 24.3 Å². The van der Waals surface area contributed by atoms with Crippen LogP contribution >= 0.6 is 0 Å². The van der Waals surface area contributed by atoms with Crippen molar-refractivity contribution in [3.8, 4) is 11.8 Å². The molecule has 0 saturated heterocycles. The molecule has 0 saturated carbocycles. The molecule has 2 aromatic carbocycles. The Morgan fingerprint density at radius 1 is 1.17 bits per heavy atom. The summed E-state index contributed by atoms with van der Waals surface area (Å²) >= 11 is 0. The molecule has 0 spiro atoms. The first-order valence-corrected chi connectivity index (χ1v) is 9.04. The molecule has 7 heteroatoms. The maximum atomic E-state index is 13.1. The Bertz CT molecular complexity index is 1190. The van der Waals surface area contributed by atoms with Crippen LogP contribution in [0.15, 0.2) is 82.7 Å². The van der Waals surface area contributed by atoms with Gasteiger partial charge in [0, 0.05) is 5.69 Å². The van der Waals surface area contributed by atoms with Crippen LogP contribution < -0.4 is 9.64 Å². The van der Waals surface area contributed by atoms with Crippen LogP contribution in [-0.4, -0.2) is 23.9 Å². The fraction of sp³-hybridized carbons (Fsp3) is 0.0870. The van der Waals surface area contributed by atoms with Crippen LogP contribution in [0, 0.1) is 11.3 Å². The summed E-state index contributed by atoms with van der Waals surface area (Å²) in [6.07, 6.45) is 1.35. The van der Waals surface area contributed by atoms with Gasteiger partial charge in [-0.15, -0.1) is 0 Å². The van der Waals surface area contributed by atoms with Gasteiger partial charge in [-0.2, -0.15) is 5.26 Å². The zero-order valence-corrected chi connectivity index (χ0v) is 15.9. The number of nitriles is 1. The van der Waals surface area contributed by atoms with Crippen LogP contribution in [0.2, 0.25) is 0 Å². The van der Waals surface area contributed by atoms with Crippen LogP contribution in [0.1, 0.15) is 27.7 Å². The Labute approximate surface area is 172 Å². The first-order chi connectivity index (χ1) is 14.5. The molecule has 1 N–H and O–H groups in total. The molecule has 0 aliphatic carbocycles. The second kappa shape index (κ2) is 7.60. The number of amides is 1. The van der Waals surface area contributed by atoms with Gasteiger partial charge < -0.3 is 14.3 Å². The molecule has 1 aliphatic heterocycles. The number of anilines is 1. The van der Waals surface area contributed by atoms with E-state index in [0.29, 0.717) is 22.6 Å². The molecule has 1 atom stereocenters. The van der Waals surface area contributed by atoms with Gasteiger partial charge in [0.05, 0.1) is 36.6 Å². The second-order valence-corrected chi connectivity index (χ2v) is 6.58. The van der Waals surface area contributed by atoms with E-state index in [1.807, 2.05) is 6.07 Å². The van der Waals surface area contributed by atoms with E-state index in [4.69, 9.17) is 14.4 Å². The molecule has 1 unspecified atom stereocenters. The lowest BCUT2D eigenvalue weighted by Gasteiger charge is -2.27. The number of aliphatic hydroxyl groups is 1. The highest BCUT2D eigenvalue weighted by Gasteiger charge is 2.45. The molecule has 4 rings (SSSR count). The van der Waals surface area contributed by atoms with Gasteiger partial charge in [0.1, 0.15) is 5.75 Å². The number of furan rings is 1. The van der Waals surface area contributed by atoms with Crippen molar-refractivity contribution in [3.63, 3.8) is 0 Å². The fourth-order valence-corrected chi connectivity index (χ4v) is 3.47. The van der Waals surface area contributed by atoms with Crippen LogP contribution in [0.25, 0.3) is 0 Å². The number of ketones is 1. The van der Waals surface area contributed by atoms with E-state index in [1.54, 1.807) is 54.6 Å². The Morgan fingerprint density at radius 3 is 2.57 bits per heavy atom. The highest BCUT2D eigenvalue weighted by atomic mass is 16.5. The Hall–Kier alpha value is -4.31. The normalized spacial score (nSPS) is 15.9. The van der Waals surface area contributed by atoms with Crippen molar-refractivity contribution >= 4 is 17.4 Å². The minimum atomic E-state index is -0.905. The number of methoxy groups -OCH3 is 1. The van der Waals surface area contributed by atoms with E-state index < -0.39 is 23.5 Å². The summed E-state index contributed by atoms with van der Waals surface area (Å²) < 4.78 is 10.5. The van der Waals surface area contributed by atoms with E-state index >= 15 is 0 Å². The van der Waals surface area contributed by atoms with Crippen LogP contribution in [0.4, 0.5) is 5.69 Å². The minimum Gasteiger partial charge on any atom is -0.503 e. The number of hydrogen-bond acceptors (Lipinski definition) is 6. The van der Waals surface area contributed by atoms with Gasteiger partial charge in [-0.25, -0.2) is 0 Å². The monoisotopic (exact) mass is 400 g/mol. The smallest absolute Gasteiger partial charge is 0.294 e. The van der Waals surface area contributed by atoms with Crippen molar-refractivity contribution in [1.29, 1.82) is 5.26 Å². The number of Topliss-reactive ketones (excluding diaryl/α,β-unsaturated/α-hetero) is 1. The van der Waals surface area contributed by atoms with E-state index in [-0.39, 0.29) is 11.3 Å². The zero-order chi connectivity index (χ0) is 21.3. The molecular formula is C23H16N2O5. The highest BCUT2D eigenvalue weighted by molar-refractivity contribution is 6.20. The summed E-state index contributed by atoms with van der Waals surface area (Å²) in [7, 11) is 1.51. The lowest BCUT2D eigenvalue weighted by atomic mass is 9.94. The summed E-state index contributed by atoms with van der Waals surface area (Å²) in [5, 5.41) is 19.7. The fourth-order valence-electron chi connectivity index (χ4n) is 3.47. The van der Waals surface area contributed by atoms with Gasteiger partial charge in [-0.1, -0.05) is 12.1 Å². The van der Waals surface area contributed by atoms with Gasteiger partial charge >= 0.3 is 0 Å². The molecule has 3 aromatic rings. The number of aliphatic hydroxyl groups excluding tert-OH is 1. The molecule has 1 aliphatic rings. The van der Waals surface area contributed by atoms with Crippen molar-refractivity contribution in [3.05, 3.63) is 95.1 Å². The third kappa shape index (κ3) is 3.10. The summed E-state index contributed by atoms with van der Waals surface area (Å²) in [6, 6.07) is 17.4. The largest absolute Gasteiger partial charge is 0.503 e. The molecule has 1 aromatic heterocycles. The maximum absolute atomic E-state index is 13.1. The number of rotatable bonds is 5. The molecule has 2 heterocycles. The van der Waals surface area contributed by atoms with Gasteiger partial charge in [0.2, 0.25) is 5.78 Å². The molecule has 0 bridgehead atoms. The third-order valence-electron chi connectivity index (χ3n) is 4.88. The highest BCUT2D eigenvalue weighted by Crippen LogP contribution is 2.42. The second-order valence-electron chi connectivity index (χ2n) is 6.58. The minimum absolute atomic E-state index is 0.0129. The average Bonchev–Trinajstić information content (AvgIpc) is 3.41. The maximum Gasteiger partial charge on any atom is 0.294 e. The molecule has 0 fully saturated rings. The zero-order valence-electron chi connectivity index (χ0n) is 15.9. The van der Waals surface area contributed by atoms with Gasteiger partial charge in [0.15, 0.2) is 11.5 Å². The average molecular weight is 400 g/mol. The molecular weight excluding hydrogens is 384 g/mol. The molecule has 7 nitrogen and oxygen atoms in total. The lowest BCUT2D eigenvalue weighted by molar-refractivity contribution is -0.117. The molecule has 30 heavy (non-hydrogen) atoms. The van der Waals surface area contributed by atoms with Crippen molar-refractivity contribution in [2.75, 3.05) is 12.0 Å². The standard InChI is InChI=1S/C23H16N2O5/c1-29-17-5-2-4-15(12-17)20-19(21(26)18-6-3-11-30-18)22(27)23(28)25(20)16-9-7-14(13-24)8-10-16/h2-12,20,27H,1H3. The topological polar surface area (TPSA) is 104 Å². The summed E-state index contributed by atoms with van der Waals surface area (Å²) in [5.41, 5.74) is 1.34. The van der Waals surface area contributed by atoms with Crippen molar-refractivity contribution in [2.24, 2.45) is 0 Å². The SMILES string of the molecule is COc1cccc(C2C(C(=O)c3ccco3)=C(O)C(=O)N2c2ccc(C#N)cc2)c1. The van der Waals surface area contributed by atoms with Crippen molar-refractivity contribution < 1.29 is 23.8 Å². The third-order valence-corrected chi connectivity index (χ3v) is 4.88. The molecule has 1 amide bonds. The Morgan fingerprint density at radius 2 is 1.93 bits per heavy atom. The van der Waals surface area contributed by atoms with E-state index in [2.05, 4.69) is 0 Å². The number of hydrogen-bond donors (Lipinski definition) is 1. The number of benzene rings is 2. The summed E-state index contributed by atoms with van der Waals surface area (Å²) in [5.74, 6) is -1.40. The van der Waals surface area contributed by atoms with E-state index in [9.17, 15) is 14.7 Å². The first-order valence-electron chi connectivity index (χ1n) is 9.04. The summed E-state index contributed by atoms with van der Waals surface area (Å²) in [4.78, 5) is 27.5. The predicted octanol–water partition coefficient (Wildman–Crippen LogP) is 3.94. The lowest BCUT2D eigenvalue weighted by Crippen LogP contribution is -2.31. The van der Waals surface area contributed by atoms with Crippen LogP contribution in [0.3, 0.4) is 0 Å². The first kappa shape index (κ1) is 19.0. The Kier molecular flexibility index (Phi) is 4.82. The quantitative estimate of drug-likeness (QED) is 0.651. The van der Waals surface area contributed by atoms with Gasteiger partial charge in [-0.3, -0.25) is 14.5 Å². The van der Waals surface area contributed by atoms with Crippen LogP contribution in [-0.2, 0) is 4.79 Å². The van der Waals surface area contributed by atoms with Crippen molar-refractivity contribution in [1.82, 2.24) is 0 Å². The number of carbonyl (C=O) groups excluding carboxylic acids is 2. The molecule has 0 radical (unpaired) electrons. The van der Waals surface area contributed by atoms with Crippen molar-refractivity contribution in [2.45, 2.75) is 6.04 Å². The number of carbonyl (C=O) groups is 2. The number of nitrogens with zero attached hydrogens (tertiary/aromatic N) is 2. The van der Waals surface area contributed by atoms with E-state index in [0.717, 1.165) is 0 Å². The van der Waals surface area contributed by atoms with Gasteiger partial charge in [0.25, 0.3) is 5.91 Å². The number of ether oxygens (including phenoxy) is 1. The molecule has 148 valence electrons. The Balaban J connectivity index is 1.88. The van der Waals surface area contributed by atoms with Gasteiger partial charge in [-0.05, 0) is 54.1 Å². The van der Waals surface area contributed by atoms with Crippen LogP contribution in [0.5, 0.6) is 5.75 Å². The predicted molar refractivity (Wildman–Crippen MR) is 107 cm³/mol. The summed E-state index contributed by atoms with van der Waals surface area (Å²) in [6.45, 7) is 0.